The van der Waals surface area contributed by atoms with Gasteiger partial charge in [0.25, 0.3) is 5.91 Å². The van der Waals surface area contributed by atoms with Crippen LogP contribution in [0.4, 0.5) is 0 Å². The average Bonchev–Trinajstić information content (AvgIpc) is 3.11. The Morgan fingerprint density at radius 3 is 2.56 bits per heavy atom. The number of hydrogen-bond acceptors (Lipinski definition) is 4. The van der Waals surface area contributed by atoms with E-state index >= 15 is 0 Å². The van der Waals surface area contributed by atoms with Gasteiger partial charge in [0.15, 0.2) is 0 Å². The molecular formula is C18H23N5O2. The van der Waals surface area contributed by atoms with Crippen LogP contribution in [-0.2, 0) is 4.79 Å². The van der Waals surface area contributed by atoms with Crippen LogP contribution in [-0.4, -0.2) is 51.0 Å². The lowest BCUT2D eigenvalue weighted by Crippen LogP contribution is -2.44. The lowest BCUT2D eigenvalue weighted by atomic mass is 9.95. The summed E-state index contributed by atoms with van der Waals surface area (Å²) >= 11 is 0. The number of aromatic amines is 1. The minimum absolute atomic E-state index is 0.0133. The Morgan fingerprint density at radius 1 is 1.24 bits per heavy atom. The quantitative estimate of drug-likeness (QED) is 0.888. The number of likely N-dealkylation sites (tertiary alicyclic amines) is 1. The fraction of sp³-hybridized carbons (Fsp3) is 0.444. The summed E-state index contributed by atoms with van der Waals surface area (Å²) in [5.74, 6) is -0.000247. The molecule has 0 bridgehead atoms. The van der Waals surface area contributed by atoms with E-state index in [0.29, 0.717) is 31.6 Å². The predicted molar refractivity (Wildman–Crippen MR) is 93.7 cm³/mol. The number of pyridine rings is 1. The number of nitrogens with zero attached hydrogens (tertiary/aromatic N) is 3. The Labute approximate surface area is 146 Å². The molecule has 1 fully saturated rings. The zero-order valence-corrected chi connectivity index (χ0v) is 14.5. The molecule has 7 nitrogen and oxygen atoms in total. The van der Waals surface area contributed by atoms with Crippen LogP contribution in [0, 0.1) is 5.92 Å². The van der Waals surface area contributed by atoms with Gasteiger partial charge in [-0.15, -0.1) is 0 Å². The Morgan fingerprint density at radius 2 is 1.92 bits per heavy atom. The molecule has 2 N–H and O–H groups in total. The molecule has 0 spiro atoms. The second-order valence-electron chi connectivity index (χ2n) is 6.63. The summed E-state index contributed by atoms with van der Waals surface area (Å²) < 4.78 is 0. The van der Waals surface area contributed by atoms with Crippen LogP contribution in [0.5, 0.6) is 0 Å². The zero-order valence-electron chi connectivity index (χ0n) is 14.5. The number of amides is 2. The smallest absolute Gasteiger partial charge is 0.271 e. The SMILES string of the molecule is CC(C)NC(=O)C1CCN(C(=O)c2cc(-c3ccncc3)n[nH]2)CC1. The third-order valence-corrected chi connectivity index (χ3v) is 4.37. The molecule has 1 saturated heterocycles. The molecule has 2 aromatic heterocycles. The molecule has 7 heteroatoms. The first-order valence-corrected chi connectivity index (χ1v) is 8.60. The number of hydrogen-bond donors (Lipinski definition) is 2. The number of carbonyl (C=O) groups excluding carboxylic acids is 2. The van der Waals surface area contributed by atoms with Gasteiger partial charge in [-0.05, 0) is 44.9 Å². The van der Waals surface area contributed by atoms with Crippen molar-refractivity contribution in [3.8, 4) is 11.3 Å². The summed E-state index contributed by atoms with van der Waals surface area (Å²) in [7, 11) is 0. The largest absolute Gasteiger partial charge is 0.354 e. The normalized spacial score (nSPS) is 15.4. The van der Waals surface area contributed by atoms with Crippen molar-refractivity contribution in [2.45, 2.75) is 32.7 Å². The van der Waals surface area contributed by atoms with E-state index in [2.05, 4.69) is 20.5 Å². The van der Waals surface area contributed by atoms with Gasteiger partial charge in [-0.2, -0.15) is 5.10 Å². The van der Waals surface area contributed by atoms with E-state index < -0.39 is 0 Å². The molecule has 3 rings (SSSR count). The second-order valence-corrected chi connectivity index (χ2v) is 6.63. The highest BCUT2D eigenvalue weighted by Gasteiger charge is 2.28. The molecule has 0 aliphatic carbocycles. The summed E-state index contributed by atoms with van der Waals surface area (Å²) in [6.45, 7) is 5.07. The number of aromatic nitrogens is 3. The minimum atomic E-state index is -0.0736. The van der Waals surface area contributed by atoms with Gasteiger partial charge in [0, 0.05) is 43.0 Å². The lowest BCUT2D eigenvalue weighted by Gasteiger charge is -2.31. The maximum atomic E-state index is 12.6. The van der Waals surface area contributed by atoms with Crippen molar-refractivity contribution in [3.63, 3.8) is 0 Å². The maximum absolute atomic E-state index is 12.6. The number of nitrogens with one attached hydrogen (secondary N) is 2. The van der Waals surface area contributed by atoms with Gasteiger partial charge in [0.2, 0.25) is 5.91 Å². The van der Waals surface area contributed by atoms with Crippen LogP contribution in [0.25, 0.3) is 11.3 Å². The van der Waals surface area contributed by atoms with Crippen molar-refractivity contribution in [3.05, 3.63) is 36.3 Å². The maximum Gasteiger partial charge on any atom is 0.271 e. The van der Waals surface area contributed by atoms with E-state index in [4.69, 9.17) is 0 Å². The summed E-state index contributed by atoms with van der Waals surface area (Å²) in [5, 5.41) is 9.98. The Hall–Kier alpha value is -2.70. The van der Waals surface area contributed by atoms with Crippen LogP contribution < -0.4 is 5.32 Å². The summed E-state index contributed by atoms with van der Waals surface area (Å²) in [6, 6.07) is 5.60. The highest BCUT2D eigenvalue weighted by molar-refractivity contribution is 5.93. The zero-order chi connectivity index (χ0) is 17.8. The molecule has 2 aromatic rings. The molecule has 1 aliphatic rings. The second kappa shape index (κ2) is 7.46. The topological polar surface area (TPSA) is 91.0 Å². The van der Waals surface area contributed by atoms with Crippen LogP contribution >= 0.6 is 0 Å². The van der Waals surface area contributed by atoms with E-state index in [0.717, 1.165) is 11.3 Å². The van der Waals surface area contributed by atoms with Crippen molar-refractivity contribution < 1.29 is 9.59 Å². The van der Waals surface area contributed by atoms with E-state index in [1.807, 2.05) is 26.0 Å². The van der Waals surface area contributed by atoms with Gasteiger partial charge in [-0.1, -0.05) is 0 Å². The van der Waals surface area contributed by atoms with Crippen LogP contribution in [0.1, 0.15) is 37.2 Å². The van der Waals surface area contributed by atoms with Crippen molar-refractivity contribution in [1.82, 2.24) is 25.4 Å². The first-order chi connectivity index (χ1) is 12.0. The molecule has 132 valence electrons. The van der Waals surface area contributed by atoms with Gasteiger partial charge in [0.05, 0.1) is 5.69 Å². The van der Waals surface area contributed by atoms with E-state index in [-0.39, 0.29) is 23.8 Å². The standard InChI is InChI=1S/C18H23N5O2/c1-12(2)20-17(24)14-5-9-23(10-6-14)18(25)16-11-15(21-22-16)13-3-7-19-8-4-13/h3-4,7-8,11-12,14H,5-6,9-10H2,1-2H3,(H,20,24)(H,21,22). The average molecular weight is 341 g/mol. The Bertz CT molecular complexity index is 733. The fourth-order valence-corrected chi connectivity index (χ4v) is 3.02. The number of H-pyrrole nitrogens is 1. The van der Waals surface area contributed by atoms with E-state index in [1.54, 1.807) is 23.4 Å². The van der Waals surface area contributed by atoms with Crippen molar-refractivity contribution >= 4 is 11.8 Å². The molecular weight excluding hydrogens is 318 g/mol. The number of rotatable bonds is 4. The molecule has 0 atom stereocenters. The molecule has 25 heavy (non-hydrogen) atoms. The van der Waals surface area contributed by atoms with Gasteiger partial charge < -0.3 is 10.2 Å². The van der Waals surface area contributed by atoms with Gasteiger partial charge in [-0.25, -0.2) is 0 Å². The van der Waals surface area contributed by atoms with Crippen LogP contribution in [0.3, 0.4) is 0 Å². The Balaban J connectivity index is 1.60. The summed E-state index contributed by atoms with van der Waals surface area (Å²) in [5.41, 5.74) is 2.10. The lowest BCUT2D eigenvalue weighted by molar-refractivity contribution is -0.126. The predicted octanol–water partition coefficient (Wildman–Crippen LogP) is 1.85. The van der Waals surface area contributed by atoms with Crippen molar-refractivity contribution in [1.29, 1.82) is 0 Å². The number of piperidine rings is 1. The molecule has 0 saturated carbocycles. The van der Waals surface area contributed by atoms with Crippen LogP contribution in [0.2, 0.25) is 0 Å². The van der Waals surface area contributed by atoms with E-state index in [9.17, 15) is 9.59 Å². The van der Waals surface area contributed by atoms with Crippen LogP contribution in [0.15, 0.2) is 30.6 Å². The summed E-state index contributed by atoms with van der Waals surface area (Å²) in [4.78, 5) is 30.5. The third-order valence-electron chi connectivity index (χ3n) is 4.37. The molecule has 0 aromatic carbocycles. The highest BCUT2D eigenvalue weighted by atomic mass is 16.2. The first-order valence-electron chi connectivity index (χ1n) is 8.60. The molecule has 1 aliphatic heterocycles. The van der Waals surface area contributed by atoms with Gasteiger partial charge in [-0.3, -0.25) is 19.7 Å². The van der Waals surface area contributed by atoms with Gasteiger partial charge >= 0.3 is 0 Å². The number of carbonyl (C=O) groups is 2. The minimum Gasteiger partial charge on any atom is -0.354 e. The van der Waals surface area contributed by atoms with Crippen molar-refractivity contribution in [2.75, 3.05) is 13.1 Å². The fourth-order valence-electron chi connectivity index (χ4n) is 3.02. The van der Waals surface area contributed by atoms with Crippen molar-refractivity contribution in [2.24, 2.45) is 5.92 Å². The van der Waals surface area contributed by atoms with E-state index in [1.165, 1.54) is 0 Å². The molecule has 3 heterocycles. The Kier molecular flexibility index (Phi) is 5.11. The molecule has 2 amide bonds. The first kappa shape index (κ1) is 17.1. The molecule has 0 unspecified atom stereocenters. The highest BCUT2D eigenvalue weighted by Crippen LogP contribution is 2.21. The monoisotopic (exact) mass is 341 g/mol. The summed E-state index contributed by atoms with van der Waals surface area (Å²) in [6.07, 6.45) is 4.77. The third kappa shape index (κ3) is 4.04. The molecule has 0 radical (unpaired) electrons. The van der Waals surface area contributed by atoms with Gasteiger partial charge in [0.1, 0.15) is 5.69 Å².